The summed E-state index contributed by atoms with van der Waals surface area (Å²) < 4.78 is 0. The summed E-state index contributed by atoms with van der Waals surface area (Å²) in [5, 5.41) is 1.08. The van der Waals surface area contributed by atoms with Crippen molar-refractivity contribution < 1.29 is 9.59 Å². The van der Waals surface area contributed by atoms with E-state index >= 15 is 0 Å². The number of piperidine rings is 2. The molecule has 3 heterocycles. The van der Waals surface area contributed by atoms with Crippen molar-refractivity contribution in [3.8, 4) is 11.3 Å². The Balaban J connectivity index is 0.000000441. The number of hydrogen-bond acceptors (Lipinski definition) is 5. The molecule has 5 rings (SSSR count). The van der Waals surface area contributed by atoms with E-state index in [1.165, 1.54) is 92.4 Å². The molecule has 282 valence electrons. The van der Waals surface area contributed by atoms with Gasteiger partial charge in [-0.15, -0.1) is 11.8 Å². The monoisotopic (exact) mass is 709 g/mol. The summed E-state index contributed by atoms with van der Waals surface area (Å²) >= 11 is 1.68. The molecule has 1 aromatic carbocycles. The summed E-state index contributed by atoms with van der Waals surface area (Å²) in [6, 6.07) is 8.91. The van der Waals surface area contributed by atoms with E-state index in [0.29, 0.717) is 11.5 Å². The summed E-state index contributed by atoms with van der Waals surface area (Å²) in [6.07, 6.45) is 15.3. The van der Waals surface area contributed by atoms with Crippen LogP contribution < -0.4 is 0 Å². The molecule has 50 heavy (non-hydrogen) atoms. The van der Waals surface area contributed by atoms with Crippen molar-refractivity contribution in [2.45, 2.75) is 137 Å². The van der Waals surface area contributed by atoms with Crippen molar-refractivity contribution in [2.24, 2.45) is 22.2 Å². The van der Waals surface area contributed by atoms with Crippen molar-refractivity contribution in [1.29, 1.82) is 0 Å². The van der Waals surface area contributed by atoms with Crippen molar-refractivity contribution in [2.75, 3.05) is 45.5 Å². The summed E-state index contributed by atoms with van der Waals surface area (Å²) in [6.45, 7) is 25.3. The molecule has 0 radical (unpaired) electrons. The number of nitrogens with zero attached hydrogens (tertiary/aromatic N) is 3. The Bertz CT molecular complexity index is 1270. The number of carbonyl (C=O) groups excluding carboxylic acids is 2. The number of aliphatic imine (C=N–C) groups is 1. The molecule has 1 aliphatic carbocycles. The predicted octanol–water partition coefficient (Wildman–Crippen LogP) is 10.6. The van der Waals surface area contributed by atoms with Crippen LogP contribution >= 0.6 is 11.8 Å². The van der Waals surface area contributed by atoms with Gasteiger partial charge in [-0.3, -0.25) is 9.59 Å². The van der Waals surface area contributed by atoms with Gasteiger partial charge in [0.25, 0.3) is 5.91 Å². The van der Waals surface area contributed by atoms with Gasteiger partial charge < -0.3 is 14.8 Å². The Morgan fingerprint density at radius 3 is 2.00 bits per heavy atom. The molecule has 6 nitrogen and oxygen atoms in total. The van der Waals surface area contributed by atoms with Crippen LogP contribution in [0.5, 0.6) is 0 Å². The maximum atomic E-state index is 12.3. The minimum Gasteiger partial charge on any atom is -0.350 e. The molecule has 7 heteroatoms. The summed E-state index contributed by atoms with van der Waals surface area (Å²) in [5.74, 6) is 2.21. The molecule has 2 aromatic rings. The van der Waals surface area contributed by atoms with E-state index in [1.807, 2.05) is 27.7 Å². The molecule has 1 unspecified atom stereocenters. The molecule has 1 N–H and O–H groups in total. The number of rotatable bonds is 12. The van der Waals surface area contributed by atoms with Gasteiger partial charge in [0.15, 0.2) is 0 Å². The number of aromatic amines is 1. The van der Waals surface area contributed by atoms with Gasteiger partial charge in [0.1, 0.15) is 5.78 Å². The lowest BCUT2D eigenvalue weighted by molar-refractivity contribution is -0.125. The van der Waals surface area contributed by atoms with Crippen LogP contribution in [-0.4, -0.2) is 78.7 Å². The topological polar surface area (TPSA) is 68.8 Å². The predicted molar refractivity (Wildman–Crippen MR) is 218 cm³/mol. The number of benzene rings is 1. The number of aromatic nitrogens is 1. The first kappa shape index (κ1) is 43.9. The molecule has 2 aliphatic heterocycles. The Hall–Kier alpha value is -2.22. The van der Waals surface area contributed by atoms with E-state index in [-0.39, 0.29) is 11.8 Å². The number of carbonyl (C=O) groups is 2. The smallest absolute Gasteiger partial charge is 0.251 e. The number of aryl methyl sites for hydroxylation is 2. The van der Waals surface area contributed by atoms with Crippen LogP contribution in [-0.2, 0) is 16.0 Å². The second kappa shape index (κ2) is 23.4. The quantitative estimate of drug-likeness (QED) is 0.176. The summed E-state index contributed by atoms with van der Waals surface area (Å²) in [4.78, 5) is 36.2. The average Bonchev–Trinajstić information content (AvgIpc) is 3.52. The highest BCUT2D eigenvalue weighted by Crippen LogP contribution is 2.35. The van der Waals surface area contributed by atoms with Crippen LogP contribution in [0.2, 0.25) is 0 Å². The fraction of sp³-hybridized carbons (Fsp3) is 0.698. The van der Waals surface area contributed by atoms with E-state index in [9.17, 15) is 9.59 Å². The molecular weight excluding hydrogens is 637 g/mol. The summed E-state index contributed by atoms with van der Waals surface area (Å²) in [5.41, 5.74) is 5.65. The van der Waals surface area contributed by atoms with E-state index in [2.05, 4.69) is 78.6 Å². The molecule has 1 amide bonds. The Labute approximate surface area is 311 Å². The van der Waals surface area contributed by atoms with Crippen LogP contribution in [0.4, 0.5) is 0 Å². The van der Waals surface area contributed by atoms with E-state index in [4.69, 9.17) is 0 Å². The zero-order valence-corrected chi connectivity index (χ0v) is 34.3. The number of likely N-dealkylation sites (tertiary alicyclic amines) is 2. The minimum absolute atomic E-state index is 0.141. The van der Waals surface area contributed by atoms with Crippen LogP contribution in [0.1, 0.15) is 129 Å². The second-order valence-corrected chi connectivity index (χ2v) is 16.0. The van der Waals surface area contributed by atoms with Crippen molar-refractivity contribution >= 4 is 30.2 Å². The van der Waals surface area contributed by atoms with Gasteiger partial charge in [-0.2, -0.15) is 0 Å². The van der Waals surface area contributed by atoms with Crippen LogP contribution in [0.25, 0.3) is 11.3 Å². The first-order valence-corrected chi connectivity index (χ1v) is 20.8. The Morgan fingerprint density at radius 1 is 0.940 bits per heavy atom. The molecular formula is C43H72N4O2S. The first-order valence-electron chi connectivity index (χ1n) is 19.8. The Kier molecular flexibility index (Phi) is 20.5. The molecule has 0 spiro atoms. The lowest BCUT2D eigenvalue weighted by atomic mass is 9.82. The van der Waals surface area contributed by atoms with Gasteiger partial charge >= 0.3 is 0 Å². The van der Waals surface area contributed by atoms with Gasteiger partial charge in [-0.05, 0) is 141 Å². The largest absolute Gasteiger partial charge is 0.350 e. The molecule has 3 fully saturated rings. The van der Waals surface area contributed by atoms with Gasteiger partial charge in [-0.1, -0.05) is 83.4 Å². The lowest BCUT2D eigenvalue weighted by Crippen LogP contribution is -2.36. The molecule has 1 saturated carbocycles. The highest BCUT2D eigenvalue weighted by molar-refractivity contribution is 7.99. The molecule has 1 aromatic heterocycles. The van der Waals surface area contributed by atoms with Crippen molar-refractivity contribution in [1.82, 2.24) is 14.8 Å². The highest BCUT2D eigenvalue weighted by Gasteiger charge is 2.31. The van der Waals surface area contributed by atoms with Gasteiger partial charge in [-0.25, -0.2) is 4.99 Å². The van der Waals surface area contributed by atoms with Gasteiger partial charge in [0.2, 0.25) is 0 Å². The third-order valence-corrected chi connectivity index (χ3v) is 12.0. The van der Waals surface area contributed by atoms with E-state index in [1.54, 1.807) is 18.7 Å². The fourth-order valence-electron chi connectivity index (χ4n) is 6.95. The Morgan fingerprint density at radius 2 is 1.56 bits per heavy atom. The third-order valence-electron chi connectivity index (χ3n) is 10.7. The number of thioether (sulfide) groups is 1. The highest BCUT2D eigenvalue weighted by atomic mass is 32.2. The second-order valence-electron chi connectivity index (χ2n) is 15.0. The zero-order chi connectivity index (χ0) is 37.1. The SMILES string of the molecule is C=NC(=O)C(C)(CC)CSc1cc(CCN2CCC(C(C)=O)CC2)c(-c2cc(C)cc(C)c2)[nH]1.CC.CCCC1CCC1.CN1CCCCC1. The molecule has 1 atom stereocenters. The third kappa shape index (κ3) is 14.8. The number of hydrogen-bond donors (Lipinski definition) is 1. The molecule has 3 aliphatic rings. The molecule has 0 bridgehead atoms. The first-order chi connectivity index (χ1) is 24.0. The number of H-pyrrole nitrogens is 1. The van der Waals surface area contributed by atoms with Crippen LogP contribution in [0.3, 0.4) is 0 Å². The van der Waals surface area contributed by atoms with Gasteiger partial charge in [0.05, 0.1) is 10.4 Å². The van der Waals surface area contributed by atoms with Crippen LogP contribution in [0, 0.1) is 31.1 Å². The molecule has 2 saturated heterocycles. The number of amides is 1. The van der Waals surface area contributed by atoms with Crippen LogP contribution in [0.15, 0.2) is 34.3 Å². The summed E-state index contributed by atoms with van der Waals surface area (Å²) in [7, 11) is 2.19. The van der Waals surface area contributed by atoms with Crippen molar-refractivity contribution in [3.05, 3.63) is 41.0 Å². The normalized spacial score (nSPS) is 18.2. The number of Topliss-reactive ketones (excluding diaryl/α,β-unsaturated/α-hetero) is 1. The number of nitrogens with one attached hydrogen (secondary N) is 1. The van der Waals surface area contributed by atoms with E-state index < -0.39 is 5.41 Å². The fourth-order valence-corrected chi connectivity index (χ4v) is 8.15. The number of ketones is 1. The maximum Gasteiger partial charge on any atom is 0.251 e. The average molecular weight is 709 g/mol. The maximum absolute atomic E-state index is 12.3. The zero-order valence-electron chi connectivity index (χ0n) is 33.5. The van der Waals surface area contributed by atoms with Crippen molar-refractivity contribution in [3.63, 3.8) is 0 Å². The lowest BCUT2D eigenvalue weighted by Gasteiger charge is -2.30. The standard InChI is InChI=1S/C28H39N3O2S.C7H14.C6H13N.C2H6/c1-7-28(5,27(33)29-6)18-34-25-17-23(10-13-31-11-8-22(9-12-31)21(4)32)26(30-25)24-15-19(2)14-20(3)16-24;1-2-4-7-5-3-6-7;1-7-5-3-2-4-6-7;1-2/h14-17,22,30H,6-13,18H2,1-5H3;7H,2-6H2,1H3;2-6H2,1H3;1-2H3. The van der Waals surface area contributed by atoms with E-state index in [0.717, 1.165) is 56.3 Å². The van der Waals surface area contributed by atoms with Gasteiger partial charge in [0, 0.05) is 23.9 Å². The minimum atomic E-state index is -0.515.